The molecule has 1 aliphatic heterocycles. The lowest BCUT2D eigenvalue weighted by Crippen LogP contribution is -2.49. The number of halogens is 4. The van der Waals surface area contributed by atoms with E-state index in [0.717, 1.165) is 5.56 Å². The fourth-order valence-corrected chi connectivity index (χ4v) is 3.08. The molecule has 132 valence electrons. The molecule has 1 heterocycles. The lowest BCUT2D eigenvalue weighted by molar-refractivity contribution is 0.0345. The van der Waals surface area contributed by atoms with Crippen LogP contribution in [0.4, 0.5) is 13.2 Å². The van der Waals surface area contributed by atoms with Gasteiger partial charge in [0.05, 0.1) is 5.54 Å². The van der Waals surface area contributed by atoms with Crippen molar-refractivity contribution in [1.82, 2.24) is 5.32 Å². The largest absolute Gasteiger partial charge is 0.381 e. The van der Waals surface area contributed by atoms with Crippen molar-refractivity contribution < 1.29 is 22.7 Å². The van der Waals surface area contributed by atoms with Crippen LogP contribution in [0, 0.1) is 17.5 Å². The molecule has 0 saturated carbocycles. The fourth-order valence-electron chi connectivity index (χ4n) is 2.95. The first-order valence-corrected chi connectivity index (χ1v) is 8.10. The summed E-state index contributed by atoms with van der Waals surface area (Å²) in [6.45, 7) is 0.851. The molecule has 0 radical (unpaired) electrons. The van der Waals surface area contributed by atoms with Crippen molar-refractivity contribution in [3.63, 3.8) is 0 Å². The van der Waals surface area contributed by atoms with Gasteiger partial charge in [0.15, 0.2) is 17.5 Å². The zero-order valence-corrected chi connectivity index (χ0v) is 13.9. The first-order valence-electron chi connectivity index (χ1n) is 7.72. The van der Waals surface area contributed by atoms with E-state index in [2.05, 4.69) is 5.32 Å². The molecule has 0 aliphatic carbocycles. The van der Waals surface area contributed by atoms with Gasteiger partial charge >= 0.3 is 0 Å². The second-order valence-corrected chi connectivity index (χ2v) is 6.35. The minimum atomic E-state index is -1.60. The predicted octanol–water partition coefficient (Wildman–Crippen LogP) is 4.19. The number of hydrogen-bond donors (Lipinski definition) is 1. The summed E-state index contributed by atoms with van der Waals surface area (Å²) in [5.74, 6) is -5.10. The van der Waals surface area contributed by atoms with Crippen LogP contribution in [-0.4, -0.2) is 19.1 Å². The first-order chi connectivity index (χ1) is 11.9. The number of hydrogen-bond acceptors (Lipinski definition) is 2. The summed E-state index contributed by atoms with van der Waals surface area (Å²) in [7, 11) is 0. The van der Waals surface area contributed by atoms with Gasteiger partial charge < -0.3 is 10.1 Å². The van der Waals surface area contributed by atoms with Crippen molar-refractivity contribution >= 4 is 17.5 Å². The monoisotopic (exact) mass is 369 g/mol. The number of nitrogens with one attached hydrogen (secondary N) is 1. The van der Waals surface area contributed by atoms with Crippen LogP contribution in [0.25, 0.3) is 0 Å². The Labute approximate surface area is 147 Å². The van der Waals surface area contributed by atoms with E-state index in [9.17, 15) is 18.0 Å². The maximum atomic E-state index is 13.4. The van der Waals surface area contributed by atoms with Gasteiger partial charge in [0, 0.05) is 23.8 Å². The van der Waals surface area contributed by atoms with E-state index in [0.29, 0.717) is 43.2 Å². The van der Waals surface area contributed by atoms with E-state index < -0.39 is 28.9 Å². The Morgan fingerprint density at radius 2 is 1.60 bits per heavy atom. The van der Waals surface area contributed by atoms with Crippen LogP contribution >= 0.6 is 11.6 Å². The topological polar surface area (TPSA) is 38.3 Å². The van der Waals surface area contributed by atoms with Gasteiger partial charge in [0.25, 0.3) is 5.91 Å². The third kappa shape index (κ3) is 3.65. The highest BCUT2D eigenvalue weighted by atomic mass is 35.5. The van der Waals surface area contributed by atoms with Gasteiger partial charge in [-0.25, -0.2) is 13.2 Å². The Kier molecular flexibility index (Phi) is 5.01. The zero-order valence-electron chi connectivity index (χ0n) is 13.1. The van der Waals surface area contributed by atoms with E-state index in [1.54, 1.807) is 24.3 Å². The molecule has 0 bridgehead atoms. The van der Waals surface area contributed by atoms with Crippen LogP contribution in [-0.2, 0) is 10.3 Å². The van der Waals surface area contributed by atoms with Crippen LogP contribution in [0.15, 0.2) is 36.4 Å². The third-order valence-corrected chi connectivity index (χ3v) is 4.59. The Hall–Kier alpha value is -2.05. The highest BCUT2D eigenvalue weighted by molar-refractivity contribution is 6.30. The molecule has 3 rings (SSSR count). The summed E-state index contributed by atoms with van der Waals surface area (Å²) in [6.07, 6.45) is 0.985. The molecule has 0 aromatic heterocycles. The Morgan fingerprint density at radius 1 is 1.04 bits per heavy atom. The average molecular weight is 370 g/mol. The third-order valence-electron chi connectivity index (χ3n) is 4.34. The van der Waals surface area contributed by atoms with Crippen molar-refractivity contribution in [2.45, 2.75) is 18.4 Å². The number of rotatable bonds is 3. The van der Waals surface area contributed by atoms with Crippen LogP contribution in [0.5, 0.6) is 0 Å². The van der Waals surface area contributed by atoms with Crippen molar-refractivity contribution in [3.05, 3.63) is 70.0 Å². The first kappa shape index (κ1) is 17.8. The van der Waals surface area contributed by atoms with Crippen molar-refractivity contribution in [2.75, 3.05) is 13.2 Å². The van der Waals surface area contributed by atoms with E-state index >= 15 is 0 Å². The van der Waals surface area contributed by atoms with Crippen molar-refractivity contribution in [3.8, 4) is 0 Å². The highest BCUT2D eigenvalue weighted by Crippen LogP contribution is 2.33. The summed E-state index contributed by atoms with van der Waals surface area (Å²) in [5.41, 5.74) is -0.214. The number of ether oxygens (including phenoxy) is 1. The summed E-state index contributed by atoms with van der Waals surface area (Å²) < 4.78 is 45.3. The van der Waals surface area contributed by atoms with E-state index in [1.807, 2.05) is 0 Å². The van der Waals surface area contributed by atoms with Crippen LogP contribution < -0.4 is 5.32 Å². The van der Waals surface area contributed by atoms with Gasteiger partial charge in [-0.05, 0) is 42.7 Å². The molecule has 0 spiro atoms. The molecule has 25 heavy (non-hydrogen) atoms. The molecule has 2 aromatic carbocycles. The molecular weight excluding hydrogens is 355 g/mol. The zero-order chi connectivity index (χ0) is 18.0. The van der Waals surface area contributed by atoms with E-state index in [-0.39, 0.29) is 5.56 Å². The molecule has 0 unspecified atom stereocenters. The summed E-state index contributed by atoms with van der Waals surface area (Å²) in [6, 6.07) is 8.36. The van der Waals surface area contributed by atoms with E-state index in [4.69, 9.17) is 16.3 Å². The quantitative estimate of drug-likeness (QED) is 0.824. The van der Waals surface area contributed by atoms with Gasteiger partial charge in [-0.3, -0.25) is 4.79 Å². The van der Waals surface area contributed by atoms with Crippen molar-refractivity contribution in [2.24, 2.45) is 0 Å². The normalized spacial score (nSPS) is 16.5. The van der Waals surface area contributed by atoms with E-state index in [1.165, 1.54) is 0 Å². The molecule has 7 heteroatoms. The molecule has 3 nitrogen and oxygen atoms in total. The maximum Gasteiger partial charge on any atom is 0.252 e. The van der Waals surface area contributed by atoms with Gasteiger partial charge in [0.2, 0.25) is 0 Å². The minimum absolute atomic E-state index is 0.281. The van der Waals surface area contributed by atoms with Gasteiger partial charge in [-0.1, -0.05) is 23.7 Å². The molecule has 1 aliphatic rings. The van der Waals surface area contributed by atoms with Crippen molar-refractivity contribution in [1.29, 1.82) is 0 Å². The van der Waals surface area contributed by atoms with Gasteiger partial charge in [-0.2, -0.15) is 0 Å². The number of carbonyl (C=O) groups excluding carboxylic acids is 1. The lowest BCUT2D eigenvalue weighted by Gasteiger charge is -2.38. The second-order valence-electron chi connectivity index (χ2n) is 5.91. The second kappa shape index (κ2) is 7.06. The number of carbonyl (C=O) groups is 1. The lowest BCUT2D eigenvalue weighted by atomic mass is 9.82. The van der Waals surface area contributed by atoms with Gasteiger partial charge in [0.1, 0.15) is 0 Å². The van der Waals surface area contributed by atoms with Crippen LogP contribution in [0.1, 0.15) is 28.8 Å². The molecular formula is C18H15ClF3NO2. The molecule has 2 aromatic rings. The van der Waals surface area contributed by atoms with Crippen LogP contribution in [0.2, 0.25) is 5.02 Å². The Bertz CT molecular complexity index is 766. The molecule has 0 atom stereocenters. The number of amides is 1. The SMILES string of the molecule is O=C(NC1(c2ccc(Cl)cc2)CCOCC1)c1cc(F)c(F)c(F)c1. The predicted molar refractivity (Wildman–Crippen MR) is 87.0 cm³/mol. The van der Waals surface area contributed by atoms with Gasteiger partial charge in [-0.15, -0.1) is 0 Å². The Morgan fingerprint density at radius 3 is 2.16 bits per heavy atom. The summed E-state index contributed by atoms with van der Waals surface area (Å²) >= 11 is 5.92. The summed E-state index contributed by atoms with van der Waals surface area (Å²) in [4.78, 5) is 12.5. The average Bonchev–Trinajstić information content (AvgIpc) is 2.60. The highest BCUT2D eigenvalue weighted by Gasteiger charge is 2.36. The van der Waals surface area contributed by atoms with Crippen LogP contribution in [0.3, 0.4) is 0 Å². The maximum absolute atomic E-state index is 13.4. The number of benzene rings is 2. The summed E-state index contributed by atoms with van der Waals surface area (Å²) in [5, 5.41) is 3.40. The Balaban J connectivity index is 1.93. The molecule has 1 N–H and O–H groups in total. The molecule has 1 amide bonds. The standard InChI is InChI=1S/C18H15ClF3NO2/c19-13-3-1-12(2-4-13)18(5-7-25-8-6-18)23-17(24)11-9-14(20)16(22)15(21)10-11/h1-4,9-10H,5-8H2,(H,23,24). The smallest absolute Gasteiger partial charge is 0.252 e. The molecule has 1 fully saturated rings. The minimum Gasteiger partial charge on any atom is -0.381 e. The fraction of sp³-hybridized carbons (Fsp3) is 0.278. The molecule has 1 saturated heterocycles.